The van der Waals surface area contributed by atoms with Crippen LogP contribution in [0.4, 0.5) is 4.79 Å². The number of alkyl carbamates (subject to hydrolysis) is 1. The molecule has 0 spiro atoms. The Morgan fingerprint density at radius 2 is 1.70 bits per heavy atom. The predicted octanol–water partition coefficient (Wildman–Crippen LogP) is 3.83. The van der Waals surface area contributed by atoms with Crippen LogP contribution in [0.25, 0.3) is 0 Å². The highest BCUT2D eigenvalue weighted by molar-refractivity contribution is 5.91. The van der Waals surface area contributed by atoms with Crippen molar-refractivity contribution in [3.8, 4) is 0 Å². The van der Waals surface area contributed by atoms with Crippen LogP contribution in [0.5, 0.6) is 0 Å². The van der Waals surface area contributed by atoms with Crippen LogP contribution < -0.4 is 5.32 Å². The van der Waals surface area contributed by atoms with E-state index >= 15 is 0 Å². The predicted molar refractivity (Wildman–Crippen MR) is 104 cm³/mol. The molecule has 0 radical (unpaired) electrons. The normalized spacial score (nSPS) is 13.7. The van der Waals surface area contributed by atoms with Crippen LogP contribution in [0.15, 0.2) is 30.3 Å². The second kappa shape index (κ2) is 10.1. The first-order valence-electron chi connectivity index (χ1n) is 9.27. The molecule has 2 unspecified atom stereocenters. The average molecular weight is 377 g/mol. The molecule has 1 aromatic rings. The first kappa shape index (κ1) is 22.7. The van der Waals surface area contributed by atoms with Crippen molar-refractivity contribution in [2.45, 2.75) is 65.5 Å². The number of carboxylic acids is 1. The van der Waals surface area contributed by atoms with Gasteiger partial charge in [0.15, 0.2) is 5.78 Å². The molecule has 0 fully saturated rings. The molecule has 0 aliphatic heterocycles. The Morgan fingerprint density at radius 3 is 2.19 bits per heavy atom. The first-order valence-corrected chi connectivity index (χ1v) is 9.27. The van der Waals surface area contributed by atoms with E-state index in [1.165, 1.54) is 0 Å². The lowest BCUT2D eigenvalue weighted by molar-refractivity contribution is -0.141. The van der Waals surface area contributed by atoms with Crippen LogP contribution in [0.2, 0.25) is 0 Å². The van der Waals surface area contributed by atoms with Gasteiger partial charge in [-0.1, -0.05) is 44.2 Å². The number of ketones is 1. The summed E-state index contributed by atoms with van der Waals surface area (Å²) in [5.74, 6) is -1.80. The third-order valence-electron chi connectivity index (χ3n) is 3.90. The zero-order valence-electron chi connectivity index (χ0n) is 16.8. The van der Waals surface area contributed by atoms with Gasteiger partial charge in [0.2, 0.25) is 0 Å². The molecule has 6 nitrogen and oxygen atoms in total. The van der Waals surface area contributed by atoms with Crippen LogP contribution in [-0.2, 0) is 20.7 Å². The number of hydrogen-bond donors (Lipinski definition) is 2. The first-order chi connectivity index (χ1) is 12.5. The van der Waals surface area contributed by atoms with Gasteiger partial charge in [0.25, 0.3) is 0 Å². The number of rotatable bonds is 9. The van der Waals surface area contributed by atoms with Gasteiger partial charge in [-0.15, -0.1) is 0 Å². The van der Waals surface area contributed by atoms with Gasteiger partial charge in [-0.05, 0) is 45.1 Å². The molecule has 1 aromatic carbocycles. The van der Waals surface area contributed by atoms with E-state index < -0.39 is 29.6 Å². The average Bonchev–Trinajstić information content (AvgIpc) is 2.51. The second-order valence-corrected chi connectivity index (χ2v) is 8.22. The van der Waals surface area contributed by atoms with Gasteiger partial charge in [0.05, 0.1) is 12.5 Å². The van der Waals surface area contributed by atoms with Crippen LogP contribution in [0.3, 0.4) is 0 Å². The number of Topliss-reactive ketones (excluding diaryl/α,β-unsaturated/α-hetero) is 1. The summed E-state index contributed by atoms with van der Waals surface area (Å²) in [5.41, 5.74) is 0.188. The van der Waals surface area contributed by atoms with Gasteiger partial charge in [-0.25, -0.2) is 4.79 Å². The minimum absolute atomic E-state index is 0.164. The Labute approximate surface area is 161 Å². The molecule has 0 saturated heterocycles. The van der Waals surface area contributed by atoms with E-state index in [1.807, 2.05) is 44.2 Å². The third-order valence-corrected chi connectivity index (χ3v) is 3.90. The number of hydrogen-bond acceptors (Lipinski definition) is 4. The van der Waals surface area contributed by atoms with E-state index in [9.17, 15) is 19.5 Å². The summed E-state index contributed by atoms with van der Waals surface area (Å²) >= 11 is 0. The van der Waals surface area contributed by atoms with Crippen molar-refractivity contribution in [2.75, 3.05) is 0 Å². The molecule has 27 heavy (non-hydrogen) atoms. The summed E-state index contributed by atoms with van der Waals surface area (Å²) in [4.78, 5) is 36.5. The molecule has 0 heterocycles. The molecule has 0 aliphatic rings. The summed E-state index contributed by atoms with van der Waals surface area (Å²) < 4.78 is 5.28. The summed E-state index contributed by atoms with van der Waals surface area (Å²) in [6.45, 7) is 9.11. The topological polar surface area (TPSA) is 92.7 Å². The highest BCUT2D eigenvalue weighted by Gasteiger charge is 2.31. The fourth-order valence-corrected chi connectivity index (χ4v) is 2.89. The fraction of sp³-hybridized carbons (Fsp3) is 0.571. The molecule has 2 atom stereocenters. The SMILES string of the molecule is CC(C)CC(CC(=O)O)C(=O)C(Cc1ccccc1)NC(=O)OC(C)(C)C. The maximum atomic E-state index is 13.1. The van der Waals surface area contributed by atoms with E-state index in [0.717, 1.165) is 5.56 Å². The second-order valence-electron chi connectivity index (χ2n) is 8.22. The number of benzene rings is 1. The number of aliphatic carboxylic acids is 1. The highest BCUT2D eigenvalue weighted by Crippen LogP contribution is 2.20. The van der Waals surface area contributed by atoms with E-state index in [2.05, 4.69) is 5.32 Å². The summed E-state index contributed by atoms with van der Waals surface area (Å²) in [5, 5.41) is 11.8. The monoisotopic (exact) mass is 377 g/mol. The smallest absolute Gasteiger partial charge is 0.408 e. The molecule has 150 valence electrons. The number of nitrogens with one attached hydrogen (secondary N) is 1. The highest BCUT2D eigenvalue weighted by atomic mass is 16.6. The maximum absolute atomic E-state index is 13.1. The zero-order chi connectivity index (χ0) is 20.6. The van der Waals surface area contributed by atoms with Crippen molar-refractivity contribution in [2.24, 2.45) is 11.8 Å². The van der Waals surface area contributed by atoms with Crippen molar-refractivity contribution in [1.82, 2.24) is 5.32 Å². The standard InChI is InChI=1S/C21H31NO5/c1-14(2)11-16(13-18(23)24)19(25)17(12-15-9-7-6-8-10-15)22-20(26)27-21(3,4)5/h6-10,14,16-17H,11-13H2,1-5H3,(H,22,26)(H,23,24). The largest absolute Gasteiger partial charge is 0.481 e. The molecule has 0 bridgehead atoms. The number of carboxylic acid groups (broad SMARTS) is 1. The van der Waals surface area contributed by atoms with Crippen LogP contribution in [-0.4, -0.2) is 34.6 Å². The van der Waals surface area contributed by atoms with Gasteiger partial charge in [0.1, 0.15) is 5.60 Å². The maximum Gasteiger partial charge on any atom is 0.408 e. The van der Waals surface area contributed by atoms with Gasteiger partial charge in [-0.2, -0.15) is 0 Å². The number of carbonyl (C=O) groups excluding carboxylic acids is 2. The van der Waals surface area contributed by atoms with Crippen molar-refractivity contribution in [3.63, 3.8) is 0 Å². The summed E-state index contributed by atoms with van der Waals surface area (Å²) in [7, 11) is 0. The molecule has 0 aliphatic carbocycles. The van der Waals surface area contributed by atoms with Crippen molar-refractivity contribution < 1.29 is 24.2 Å². The van der Waals surface area contributed by atoms with Crippen LogP contribution >= 0.6 is 0 Å². The van der Waals surface area contributed by atoms with Crippen molar-refractivity contribution in [1.29, 1.82) is 0 Å². The molecular formula is C21H31NO5. The number of ether oxygens (including phenoxy) is 1. The van der Waals surface area contributed by atoms with Crippen molar-refractivity contribution >= 4 is 17.8 Å². The Balaban J connectivity index is 3.03. The lowest BCUT2D eigenvalue weighted by Gasteiger charge is -2.26. The number of amides is 1. The molecule has 1 rings (SSSR count). The summed E-state index contributed by atoms with van der Waals surface area (Å²) in [6.07, 6.45) is -0.201. The Kier molecular flexibility index (Phi) is 8.47. The third kappa shape index (κ3) is 9.22. The van der Waals surface area contributed by atoms with E-state index in [1.54, 1.807) is 20.8 Å². The van der Waals surface area contributed by atoms with Gasteiger partial charge in [-0.3, -0.25) is 9.59 Å². The minimum atomic E-state index is -1.02. The number of carbonyl (C=O) groups is 3. The lowest BCUT2D eigenvalue weighted by atomic mass is 9.85. The zero-order valence-corrected chi connectivity index (χ0v) is 16.8. The van der Waals surface area contributed by atoms with Crippen LogP contribution in [0.1, 0.15) is 53.0 Å². The summed E-state index contributed by atoms with van der Waals surface area (Å²) in [6, 6.07) is 8.47. The Morgan fingerprint density at radius 1 is 1.11 bits per heavy atom. The molecule has 0 saturated carbocycles. The fourth-order valence-electron chi connectivity index (χ4n) is 2.89. The van der Waals surface area contributed by atoms with Gasteiger partial charge >= 0.3 is 12.1 Å². The molecule has 1 amide bonds. The Hall–Kier alpha value is -2.37. The molecule has 2 N–H and O–H groups in total. The van der Waals surface area contributed by atoms with Crippen LogP contribution in [0, 0.1) is 11.8 Å². The van der Waals surface area contributed by atoms with E-state index in [0.29, 0.717) is 6.42 Å². The van der Waals surface area contributed by atoms with Gasteiger partial charge < -0.3 is 15.2 Å². The molecular weight excluding hydrogens is 346 g/mol. The van der Waals surface area contributed by atoms with E-state index in [4.69, 9.17) is 4.74 Å². The van der Waals surface area contributed by atoms with E-state index in [-0.39, 0.29) is 24.5 Å². The quantitative estimate of drug-likeness (QED) is 0.682. The van der Waals surface area contributed by atoms with Gasteiger partial charge in [0, 0.05) is 5.92 Å². The Bertz CT molecular complexity index is 634. The molecule has 6 heteroatoms. The minimum Gasteiger partial charge on any atom is -0.481 e. The lowest BCUT2D eigenvalue weighted by Crippen LogP contribution is -2.47. The van der Waals surface area contributed by atoms with Crippen molar-refractivity contribution in [3.05, 3.63) is 35.9 Å². The molecule has 0 aromatic heterocycles.